The molecule has 0 spiro atoms. The number of rotatable bonds is 10. The van der Waals surface area contributed by atoms with E-state index in [1.807, 2.05) is 0 Å². The highest BCUT2D eigenvalue weighted by Gasteiger charge is 2.22. The quantitative estimate of drug-likeness (QED) is 0.618. The molecule has 1 aliphatic rings. The summed E-state index contributed by atoms with van der Waals surface area (Å²) in [5.74, 6) is 0.838. The average Bonchev–Trinajstić information content (AvgIpc) is 2.43. The molecule has 4 nitrogen and oxygen atoms in total. The van der Waals surface area contributed by atoms with Crippen molar-refractivity contribution in [2.24, 2.45) is 5.92 Å². The van der Waals surface area contributed by atoms with Crippen LogP contribution >= 0.6 is 0 Å². The molecule has 0 saturated carbocycles. The van der Waals surface area contributed by atoms with Crippen LogP contribution in [0, 0.1) is 5.92 Å². The molecule has 1 aliphatic heterocycles. The molecule has 0 amide bonds. The second kappa shape index (κ2) is 10.6. The molecule has 0 bridgehead atoms. The average molecular weight is 285 g/mol. The highest BCUT2D eigenvalue weighted by atomic mass is 16.5. The zero-order valence-corrected chi connectivity index (χ0v) is 14.0. The van der Waals surface area contributed by atoms with E-state index in [2.05, 4.69) is 43.1 Å². The Bertz CT molecular complexity index is 228. The Morgan fingerprint density at radius 2 is 1.95 bits per heavy atom. The molecule has 0 aromatic heterocycles. The monoisotopic (exact) mass is 285 g/mol. The van der Waals surface area contributed by atoms with Gasteiger partial charge in [0.1, 0.15) is 0 Å². The standard InChI is InChI=1S/C16H35N3O/c1-5-9-19-10-6-16(7-11-19)15(2)17-8-13-20-14-12-18(3)4/h15-17H,5-14H2,1-4H3. The predicted octanol–water partition coefficient (Wildman–Crippen LogP) is 1.66. The molecule has 0 aliphatic carbocycles. The first-order valence-electron chi connectivity index (χ1n) is 8.31. The summed E-state index contributed by atoms with van der Waals surface area (Å²) in [4.78, 5) is 4.76. The van der Waals surface area contributed by atoms with Crippen molar-refractivity contribution in [2.45, 2.75) is 39.2 Å². The van der Waals surface area contributed by atoms with Crippen LogP contribution in [0.1, 0.15) is 33.1 Å². The normalized spacial score (nSPS) is 19.6. The Morgan fingerprint density at radius 3 is 2.55 bits per heavy atom. The van der Waals surface area contributed by atoms with Crippen LogP contribution in [0.2, 0.25) is 0 Å². The molecular weight excluding hydrogens is 250 g/mol. The van der Waals surface area contributed by atoms with Gasteiger partial charge in [0.05, 0.1) is 13.2 Å². The van der Waals surface area contributed by atoms with Gasteiger partial charge in [0, 0.05) is 19.1 Å². The first-order valence-corrected chi connectivity index (χ1v) is 8.31. The largest absolute Gasteiger partial charge is 0.379 e. The van der Waals surface area contributed by atoms with E-state index in [0.29, 0.717) is 6.04 Å². The minimum atomic E-state index is 0.622. The molecule has 1 N–H and O–H groups in total. The van der Waals surface area contributed by atoms with Crippen molar-refractivity contribution in [3.8, 4) is 0 Å². The number of hydrogen-bond donors (Lipinski definition) is 1. The third-order valence-electron chi connectivity index (χ3n) is 4.27. The highest BCUT2D eigenvalue weighted by molar-refractivity contribution is 4.79. The van der Waals surface area contributed by atoms with Gasteiger partial charge in [0.2, 0.25) is 0 Å². The summed E-state index contributed by atoms with van der Waals surface area (Å²) in [5.41, 5.74) is 0. The zero-order chi connectivity index (χ0) is 14.8. The summed E-state index contributed by atoms with van der Waals surface area (Å²) in [6.07, 6.45) is 3.97. The van der Waals surface area contributed by atoms with Crippen molar-refractivity contribution >= 4 is 0 Å². The van der Waals surface area contributed by atoms with Crippen molar-refractivity contribution in [2.75, 3.05) is 60.0 Å². The van der Waals surface area contributed by atoms with Gasteiger partial charge in [-0.3, -0.25) is 0 Å². The van der Waals surface area contributed by atoms with E-state index in [1.165, 1.54) is 38.9 Å². The van der Waals surface area contributed by atoms with Crippen molar-refractivity contribution in [3.63, 3.8) is 0 Å². The Hall–Kier alpha value is -0.160. The number of piperidine rings is 1. The Labute approximate surface area is 125 Å². The number of likely N-dealkylation sites (N-methyl/N-ethyl adjacent to an activating group) is 1. The molecule has 1 saturated heterocycles. The fourth-order valence-corrected chi connectivity index (χ4v) is 2.87. The third-order valence-corrected chi connectivity index (χ3v) is 4.27. The number of ether oxygens (including phenoxy) is 1. The minimum absolute atomic E-state index is 0.622. The van der Waals surface area contributed by atoms with E-state index in [-0.39, 0.29) is 0 Å². The Morgan fingerprint density at radius 1 is 1.25 bits per heavy atom. The highest BCUT2D eigenvalue weighted by Crippen LogP contribution is 2.20. The first-order chi connectivity index (χ1) is 9.63. The van der Waals surface area contributed by atoms with Crippen LogP contribution in [0.5, 0.6) is 0 Å². The van der Waals surface area contributed by atoms with E-state index >= 15 is 0 Å². The molecule has 1 fully saturated rings. The van der Waals surface area contributed by atoms with Crippen LogP contribution in [0.4, 0.5) is 0 Å². The van der Waals surface area contributed by atoms with Gasteiger partial charge in [-0.2, -0.15) is 0 Å². The summed E-state index contributed by atoms with van der Waals surface area (Å²) in [7, 11) is 4.16. The molecule has 0 radical (unpaired) electrons. The van der Waals surface area contributed by atoms with E-state index in [4.69, 9.17) is 4.74 Å². The van der Waals surface area contributed by atoms with Crippen LogP contribution in [0.3, 0.4) is 0 Å². The van der Waals surface area contributed by atoms with Crippen LogP contribution in [0.15, 0.2) is 0 Å². The van der Waals surface area contributed by atoms with E-state index < -0.39 is 0 Å². The lowest BCUT2D eigenvalue weighted by molar-refractivity contribution is 0.112. The second-order valence-electron chi connectivity index (χ2n) is 6.34. The van der Waals surface area contributed by atoms with Crippen molar-refractivity contribution < 1.29 is 4.74 Å². The second-order valence-corrected chi connectivity index (χ2v) is 6.34. The van der Waals surface area contributed by atoms with Crippen molar-refractivity contribution in [1.82, 2.24) is 15.1 Å². The van der Waals surface area contributed by atoms with Gasteiger partial charge in [0.25, 0.3) is 0 Å². The number of nitrogens with zero attached hydrogens (tertiary/aromatic N) is 2. The molecule has 120 valence electrons. The maximum Gasteiger partial charge on any atom is 0.0593 e. The van der Waals surface area contributed by atoms with Crippen molar-refractivity contribution in [1.29, 1.82) is 0 Å². The number of likely N-dealkylation sites (tertiary alicyclic amines) is 1. The summed E-state index contributed by atoms with van der Waals surface area (Å²) < 4.78 is 5.62. The Balaban J connectivity index is 2.01. The lowest BCUT2D eigenvalue weighted by atomic mass is 9.90. The van der Waals surface area contributed by atoms with Gasteiger partial charge in [-0.05, 0) is 65.8 Å². The fraction of sp³-hybridized carbons (Fsp3) is 1.00. The summed E-state index contributed by atoms with van der Waals surface area (Å²) in [5, 5.41) is 3.63. The predicted molar refractivity (Wildman–Crippen MR) is 86.3 cm³/mol. The summed E-state index contributed by atoms with van der Waals surface area (Å²) >= 11 is 0. The maximum atomic E-state index is 5.62. The van der Waals surface area contributed by atoms with E-state index in [9.17, 15) is 0 Å². The third kappa shape index (κ3) is 7.58. The molecule has 1 rings (SSSR count). The zero-order valence-electron chi connectivity index (χ0n) is 14.0. The van der Waals surface area contributed by atoms with Crippen LogP contribution in [-0.4, -0.2) is 75.9 Å². The smallest absolute Gasteiger partial charge is 0.0593 e. The molecule has 20 heavy (non-hydrogen) atoms. The molecular formula is C16H35N3O. The minimum Gasteiger partial charge on any atom is -0.379 e. The lowest BCUT2D eigenvalue weighted by Crippen LogP contribution is -2.43. The van der Waals surface area contributed by atoms with E-state index in [1.54, 1.807) is 0 Å². The molecule has 1 heterocycles. The molecule has 4 heteroatoms. The number of hydrogen-bond acceptors (Lipinski definition) is 4. The maximum absolute atomic E-state index is 5.62. The lowest BCUT2D eigenvalue weighted by Gasteiger charge is -2.35. The van der Waals surface area contributed by atoms with Gasteiger partial charge in [0.15, 0.2) is 0 Å². The number of nitrogens with one attached hydrogen (secondary N) is 1. The summed E-state index contributed by atoms with van der Waals surface area (Å²) in [6, 6.07) is 0.622. The first kappa shape index (κ1) is 17.9. The molecule has 0 aromatic rings. The van der Waals surface area contributed by atoms with Gasteiger partial charge in [-0.1, -0.05) is 6.92 Å². The van der Waals surface area contributed by atoms with Gasteiger partial charge >= 0.3 is 0 Å². The molecule has 0 aromatic carbocycles. The van der Waals surface area contributed by atoms with Crippen LogP contribution < -0.4 is 5.32 Å². The van der Waals surface area contributed by atoms with Gasteiger partial charge in [-0.25, -0.2) is 0 Å². The van der Waals surface area contributed by atoms with E-state index in [0.717, 1.165) is 32.2 Å². The Kier molecular flexibility index (Phi) is 9.44. The van der Waals surface area contributed by atoms with Crippen LogP contribution in [0.25, 0.3) is 0 Å². The van der Waals surface area contributed by atoms with Gasteiger partial charge < -0.3 is 19.9 Å². The fourth-order valence-electron chi connectivity index (χ4n) is 2.87. The van der Waals surface area contributed by atoms with Gasteiger partial charge in [-0.15, -0.1) is 0 Å². The molecule has 1 atom stereocenters. The SMILES string of the molecule is CCCN1CCC(C(C)NCCOCCN(C)C)CC1. The van der Waals surface area contributed by atoms with Crippen LogP contribution in [-0.2, 0) is 4.74 Å². The van der Waals surface area contributed by atoms with Crippen molar-refractivity contribution in [3.05, 3.63) is 0 Å². The summed E-state index contributed by atoms with van der Waals surface area (Å²) in [6.45, 7) is 12.1. The topological polar surface area (TPSA) is 27.7 Å². The molecule has 1 unspecified atom stereocenters.